The van der Waals surface area contributed by atoms with Crippen LogP contribution in [0.25, 0.3) is 0 Å². The summed E-state index contributed by atoms with van der Waals surface area (Å²) in [6.07, 6.45) is 2.30. The monoisotopic (exact) mass is 288 g/mol. The van der Waals surface area contributed by atoms with Crippen LogP contribution in [0.4, 0.5) is 0 Å². The lowest BCUT2D eigenvalue weighted by Gasteiger charge is -2.30. The summed E-state index contributed by atoms with van der Waals surface area (Å²) in [5.74, 6) is -0.186. The number of H-pyrrole nitrogens is 1. The van der Waals surface area contributed by atoms with Crippen molar-refractivity contribution in [2.75, 3.05) is 5.33 Å². The highest BCUT2D eigenvalue weighted by atomic mass is 79.9. The van der Waals surface area contributed by atoms with Crippen LogP contribution < -0.4 is 5.32 Å². The minimum Gasteiger partial charge on any atom is -0.347 e. The largest absolute Gasteiger partial charge is 0.347 e. The van der Waals surface area contributed by atoms with Crippen LogP contribution in [0, 0.1) is 5.41 Å². The lowest BCUT2D eigenvalue weighted by atomic mass is 9.85. The maximum absolute atomic E-state index is 11.8. The SMILES string of the molecule is CC(C)(C)C(CCBr)NC(=O)c1cn[nH]n1. The van der Waals surface area contributed by atoms with Gasteiger partial charge in [-0.15, -0.1) is 0 Å². The number of rotatable bonds is 4. The number of carbonyl (C=O) groups is 1. The Hall–Kier alpha value is -0.910. The summed E-state index contributed by atoms with van der Waals surface area (Å²) in [7, 11) is 0. The van der Waals surface area contributed by atoms with Crippen molar-refractivity contribution in [3.8, 4) is 0 Å². The zero-order valence-electron chi connectivity index (χ0n) is 9.75. The third kappa shape index (κ3) is 3.59. The molecule has 0 radical (unpaired) electrons. The van der Waals surface area contributed by atoms with Crippen molar-refractivity contribution in [2.45, 2.75) is 33.2 Å². The summed E-state index contributed by atoms with van der Waals surface area (Å²) in [6, 6.07) is 0.107. The Kier molecular flexibility index (Phi) is 4.46. The summed E-state index contributed by atoms with van der Waals surface area (Å²) in [5.41, 5.74) is 0.344. The van der Waals surface area contributed by atoms with Crippen LogP contribution in [0.5, 0.6) is 0 Å². The molecular weight excluding hydrogens is 272 g/mol. The molecule has 5 nitrogen and oxygen atoms in total. The molecule has 1 heterocycles. The number of nitrogens with zero attached hydrogens (tertiary/aromatic N) is 2. The number of amides is 1. The van der Waals surface area contributed by atoms with Crippen LogP contribution in [-0.2, 0) is 0 Å². The van der Waals surface area contributed by atoms with Crippen LogP contribution >= 0.6 is 15.9 Å². The van der Waals surface area contributed by atoms with E-state index >= 15 is 0 Å². The maximum atomic E-state index is 11.8. The van der Waals surface area contributed by atoms with E-state index in [1.165, 1.54) is 6.20 Å². The van der Waals surface area contributed by atoms with E-state index in [2.05, 4.69) is 57.4 Å². The van der Waals surface area contributed by atoms with Gasteiger partial charge in [-0.3, -0.25) is 4.79 Å². The van der Waals surface area contributed by atoms with Gasteiger partial charge in [-0.2, -0.15) is 15.4 Å². The molecule has 1 rings (SSSR count). The first-order chi connectivity index (χ1) is 7.45. The van der Waals surface area contributed by atoms with E-state index in [-0.39, 0.29) is 17.4 Å². The summed E-state index contributed by atoms with van der Waals surface area (Å²) in [6.45, 7) is 6.30. The average molecular weight is 289 g/mol. The Bertz CT molecular complexity index is 331. The molecular formula is C10H17BrN4O. The minimum absolute atomic E-state index is 0.0210. The summed E-state index contributed by atoms with van der Waals surface area (Å²) >= 11 is 3.40. The first kappa shape index (κ1) is 13.2. The Balaban J connectivity index is 2.66. The molecule has 1 atom stereocenters. The van der Waals surface area contributed by atoms with Gasteiger partial charge in [-0.1, -0.05) is 36.7 Å². The molecule has 16 heavy (non-hydrogen) atoms. The van der Waals surface area contributed by atoms with Crippen molar-refractivity contribution >= 4 is 21.8 Å². The fourth-order valence-electron chi connectivity index (χ4n) is 1.37. The number of hydrogen-bond acceptors (Lipinski definition) is 3. The fraction of sp³-hybridized carbons (Fsp3) is 0.700. The summed E-state index contributed by atoms with van der Waals surface area (Å²) in [5, 5.41) is 13.6. The highest BCUT2D eigenvalue weighted by Crippen LogP contribution is 2.22. The van der Waals surface area contributed by atoms with E-state index in [9.17, 15) is 4.79 Å². The van der Waals surface area contributed by atoms with Gasteiger partial charge in [0.1, 0.15) is 0 Å². The number of carbonyl (C=O) groups excluding carboxylic acids is 1. The number of halogens is 1. The Morgan fingerprint density at radius 3 is 2.75 bits per heavy atom. The van der Waals surface area contributed by atoms with E-state index in [0.717, 1.165) is 11.8 Å². The van der Waals surface area contributed by atoms with Gasteiger partial charge in [0.2, 0.25) is 0 Å². The Morgan fingerprint density at radius 1 is 1.62 bits per heavy atom. The zero-order valence-corrected chi connectivity index (χ0v) is 11.3. The first-order valence-corrected chi connectivity index (χ1v) is 6.30. The molecule has 0 saturated heterocycles. The second kappa shape index (κ2) is 5.43. The van der Waals surface area contributed by atoms with Crippen LogP contribution in [0.3, 0.4) is 0 Å². The quantitative estimate of drug-likeness (QED) is 0.829. The average Bonchev–Trinajstić information content (AvgIpc) is 2.68. The molecule has 2 N–H and O–H groups in total. The number of aromatic nitrogens is 3. The highest BCUT2D eigenvalue weighted by Gasteiger charge is 2.26. The van der Waals surface area contributed by atoms with Gasteiger partial charge in [0.25, 0.3) is 5.91 Å². The van der Waals surface area contributed by atoms with Gasteiger partial charge in [0.15, 0.2) is 5.69 Å². The molecule has 0 bridgehead atoms. The van der Waals surface area contributed by atoms with E-state index in [1.54, 1.807) is 0 Å². The van der Waals surface area contributed by atoms with Crippen molar-refractivity contribution in [2.24, 2.45) is 5.41 Å². The first-order valence-electron chi connectivity index (χ1n) is 5.17. The van der Waals surface area contributed by atoms with Gasteiger partial charge in [-0.25, -0.2) is 0 Å². The van der Waals surface area contributed by atoms with Gasteiger partial charge >= 0.3 is 0 Å². The molecule has 1 aromatic heterocycles. The predicted molar refractivity (Wildman–Crippen MR) is 65.5 cm³/mol. The van der Waals surface area contributed by atoms with Crippen LogP contribution in [0.15, 0.2) is 6.20 Å². The molecule has 90 valence electrons. The maximum Gasteiger partial charge on any atom is 0.273 e. The molecule has 0 aliphatic rings. The molecule has 6 heteroatoms. The van der Waals surface area contributed by atoms with Crippen molar-refractivity contribution in [1.82, 2.24) is 20.7 Å². The van der Waals surface area contributed by atoms with Gasteiger partial charge in [0, 0.05) is 11.4 Å². The normalized spacial score (nSPS) is 13.5. The Morgan fingerprint density at radius 2 is 2.31 bits per heavy atom. The number of aromatic amines is 1. The highest BCUT2D eigenvalue weighted by molar-refractivity contribution is 9.09. The third-order valence-corrected chi connectivity index (χ3v) is 2.85. The van der Waals surface area contributed by atoms with Crippen LogP contribution in [0.1, 0.15) is 37.7 Å². The van der Waals surface area contributed by atoms with Crippen molar-refractivity contribution in [3.05, 3.63) is 11.9 Å². The van der Waals surface area contributed by atoms with Gasteiger partial charge < -0.3 is 5.32 Å². The number of hydrogen-bond donors (Lipinski definition) is 2. The number of nitrogens with one attached hydrogen (secondary N) is 2. The number of alkyl halides is 1. The van der Waals surface area contributed by atoms with E-state index in [1.807, 2.05) is 0 Å². The summed E-state index contributed by atoms with van der Waals surface area (Å²) < 4.78 is 0. The third-order valence-electron chi connectivity index (χ3n) is 2.40. The fourth-order valence-corrected chi connectivity index (χ4v) is 1.83. The lowest BCUT2D eigenvalue weighted by molar-refractivity contribution is 0.0895. The molecule has 0 aliphatic carbocycles. The topological polar surface area (TPSA) is 70.7 Å². The van der Waals surface area contributed by atoms with Crippen molar-refractivity contribution in [1.29, 1.82) is 0 Å². The van der Waals surface area contributed by atoms with E-state index in [4.69, 9.17) is 0 Å². The van der Waals surface area contributed by atoms with E-state index < -0.39 is 0 Å². The van der Waals surface area contributed by atoms with Gasteiger partial charge in [0.05, 0.1) is 6.20 Å². The molecule has 1 unspecified atom stereocenters. The minimum atomic E-state index is -0.186. The molecule has 1 aromatic rings. The van der Waals surface area contributed by atoms with Gasteiger partial charge in [-0.05, 0) is 11.8 Å². The smallest absolute Gasteiger partial charge is 0.273 e. The second-order valence-corrected chi connectivity index (χ2v) is 5.52. The van der Waals surface area contributed by atoms with Crippen LogP contribution in [-0.4, -0.2) is 32.7 Å². The summed E-state index contributed by atoms with van der Waals surface area (Å²) in [4.78, 5) is 11.8. The zero-order chi connectivity index (χ0) is 12.2. The molecule has 0 aliphatic heterocycles. The Labute approximate surface area is 104 Å². The molecule has 0 spiro atoms. The molecule has 0 aromatic carbocycles. The van der Waals surface area contributed by atoms with E-state index in [0.29, 0.717) is 5.69 Å². The standard InChI is InChI=1S/C10H17BrN4O/c1-10(2,3)8(4-5-11)13-9(16)7-6-12-15-14-7/h6,8H,4-5H2,1-3H3,(H,13,16)(H,12,14,15). The van der Waals surface area contributed by atoms with Crippen molar-refractivity contribution in [3.63, 3.8) is 0 Å². The molecule has 1 amide bonds. The predicted octanol–water partition coefficient (Wildman–Crippen LogP) is 1.73. The lowest BCUT2D eigenvalue weighted by Crippen LogP contribution is -2.44. The van der Waals surface area contributed by atoms with Crippen molar-refractivity contribution < 1.29 is 4.79 Å². The second-order valence-electron chi connectivity index (χ2n) is 4.72. The molecule has 0 saturated carbocycles. The molecule has 0 fully saturated rings. The van der Waals surface area contributed by atoms with Crippen LogP contribution in [0.2, 0.25) is 0 Å².